The number of hydrogen-bond acceptors (Lipinski definition) is 3. The molecule has 0 aliphatic carbocycles. The minimum absolute atomic E-state index is 0.151. The van der Waals surface area contributed by atoms with Crippen molar-refractivity contribution in [2.75, 3.05) is 13.1 Å². The molecule has 3 rings (SSSR count). The predicted octanol–water partition coefficient (Wildman–Crippen LogP) is 3.86. The molecule has 0 spiro atoms. The Bertz CT molecular complexity index is 608. The van der Waals surface area contributed by atoms with Crippen LogP contribution >= 0.6 is 11.3 Å². The highest BCUT2D eigenvalue weighted by atomic mass is 32.1. The smallest absolute Gasteiger partial charge is 0.265 e. The Kier molecular flexibility index (Phi) is 4.34. The molecule has 1 aliphatic heterocycles. The van der Waals surface area contributed by atoms with E-state index in [9.17, 15) is 4.79 Å². The van der Waals surface area contributed by atoms with Crippen LogP contribution in [0.3, 0.4) is 0 Å². The minimum atomic E-state index is 0.151. The van der Waals surface area contributed by atoms with Crippen LogP contribution in [0, 0.1) is 6.92 Å². The summed E-state index contributed by atoms with van der Waals surface area (Å²) in [5, 5.41) is 0. The molecule has 3 nitrogen and oxygen atoms in total. The van der Waals surface area contributed by atoms with Crippen LogP contribution in [0.15, 0.2) is 35.8 Å². The first-order valence-electron chi connectivity index (χ1n) is 7.50. The average molecular weight is 300 g/mol. The highest BCUT2D eigenvalue weighted by Gasteiger charge is 2.25. The highest BCUT2D eigenvalue weighted by molar-refractivity contribution is 7.11. The number of rotatable bonds is 2. The first-order valence-corrected chi connectivity index (χ1v) is 8.38. The van der Waals surface area contributed by atoms with E-state index in [2.05, 4.69) is 29.2 Å². The third-order valence-corrected chi connectivity index (χ3v) is 5.09. The molecule has 1 aromatic heterocycles. The molecule has 1 fully saturated rings. The Balaban J connectivity index is 1.79. The molecule has 0 unspecified atom stereocenters. The zero-order valence-electron chi connectivity index (χ0n) is 12.3. The number of amides is 1. The van der Waals surface area contributed by atoms with Crippen molar-refractivity contribution in [3.05, 3.63) is 52.0 Å². The quantitative estimate of drug-likeness (QED) is 0.843. The minimum Gasteiger partial charge on any atom is -0.337 e. The van der Waals surface area contributed by atoms with Gasteiger partial charge < -0.3 is 4.90 Å². The number of likely N-dealkylation sites (tertiary alicyclic amines) is 1. The van der Waals surface area contributed by atoms with Crippen molar-refractivity contribution >= 4 is 17.2 Å². The number of aromatic nitrogens is 1. The Labute approximate surface area is 129 Å². The van der Waals surface area contributed by atoms with Crippen molar-refractivity contribution in [3.63, 3.8) is 0 Å². The van der Waals surface area contributed by atoms with Gasteiger partial charge in [-0.25, -0.2) is 4.98 Å². The summed E-state index contributed by atoms with van der Waals surface area (Å²) >= 11 is 1.45. The Morgan fingerprint density at radius 1 is 1.29 bits per heavy atom. The number of aryl methyl sites for hydroxylation is 1. The van der Waals surface area contributed by atoms with E-state index in [4.69, 9.17) is 0 Å². The number of benzene rings is 1. The lowest BCUT2D eigenvalue weighted by molar-refractivity contribution is 0.0758. The van der Waals surface area contributed by atoms with Gasteiger partial charge in [-0.2, -0.15) is 0 Å². The van der Waals surface area contributed by atoms with Crippen molar-refractivity contribution in [3.8, 4) is 0 Å². The summed E-state index contributed by atoms with van der Waals surface area (Å²) in [6.45, 7) is 3.59. The topological polar surface area (TPSA) is 33.2 Å². The molecule has 1 atom stereocenters. The zero-order valence-corrected chi connectivity index (χ0v) is 13.1. The summed E-state index contributed by atoms with van der Waals surface area (Å²) in [6.07, 6.45) is 3.44. The maximum absolute atomic E-state index is 12.7. The largest absolute Gasteiger partial charge is 0.337 e. The molecule has 0 saturated carbocycles. The fraction of sp³-hybridized carbons (Fsp3) is 0.412. The van der Waals surface area contributed by atoms with Gasteiger partial charge in [-0.1, -0.05) is 36.8 Å². The van der Waals surface area contributed by atoms with Gasteiger partial charge >= 0.3 is 0 Å². The second-order valence-electron chi connectivity index (χ2n) is 5.62. The molecule has 110 valence electrons. The van der Waals surface area contributed by atoms with Gasteiger partial charge in [0.15, 0.2) is 0 Å². The Morgan fingerprint density at radius 2 is 2.10 bits per heavy atom. The number of carbonyl (C=O) groups is 1. The SMILES string of the molecule is Cc1ncsc1C(=O)N1CCCC[C@H](c2ccccc2)C1. The summed E-state index contributed by atoms with van der Waals surface area (Å²) in [4.78, 5) is 19.7. The van der Waals surface area contributed by atoms with Crippen LogP contribution in [0.5, 0.6) is 0 Å². The van der Waals surface area contributed by atoms with Gasteiger partial charge in [-0.3, -0.25) is 4.79 Å². The van der Waals surface area contributed by atoms with E-state index in [1.54, 1.807) is 5.51 Å². The molecule has 2 aromatic rings. The molecule has 0 radical (unpaired) electrons. The molecular weight excluding hydrogens is 280 g/mol. The molecule has 1 saturated heterocycles. The van der Waals surface area contributed by atoms with Crippen molar-refractivity contribution in [1.82, 2.24) is 9.88 Å². The summed E-state index contributed by atoms with van der Waals surface area (Å²) in [5.74, 6) is 0.601. The molecule has 0 bridgehead atoms. The summed E-state index contributed by atoms with van der Waals surface area (Å²) in [6, 6.07) is 10.6. The number of thiazole rings is 1. The van der Waals surface area contributed by atoms with Gasteiger partial charge in [0.1, 0.15) is 4.88 Å². The Hall–Kier alpha value is -1.68. The summed E-state index contributed by atoms with van der Waals surface area (Å²) in [5.41, 5.74) is 3.96. The van der Waals surface area contributed by atoms with Gasteiger partial charge in [0.05, 0.1) is 11.2 Å². The summed E-state index contributed by atoms with van der Waals surface area (Å²) < 4.78 is 0. The van der Waals surface area contributed by atoms with E-state index >= 15 is 0 Å². The maximum atomic E-state index is 12.7. The molecule has 4 heteroatoms. The maximum Gasteiger partial charge on any atom is 0.265 e. The second-order valence-corrected chi connectivity index (χ2v) is 6.48. The highest BCUT2D eigenvalue weighted by Crippen LogP contribution is 2.28. The number of nitrogens with zero attached hydrogens (tertiary/aromatic N) is 2. The normalized spacial score (nSPS) is 19.3. The molecule has 0 N–H and O–H groups in total. The number of carbonyl (C=O) groups excluding carboxylic acids is 1. The van der Waals surface area contributed by atoms with Crippen LogP contribution in [0.1, 0.15) is 46.1 Å². The number of hydrogen-bond donors (Lipinski definition) is 0. The molecular formula is C17H20N2OS. The van der Waals surface area contributed by atoms with Crippen LogP contribution in [-0.2, 0) is 0 Å². The fourth-order valence-electron chi connectivity index (χ4n) is 2.97. The molecule has 1 aliphatic rings. The fourth-order valence-corrected chi connectivity index (χ4v) is 3.74. The van der Waals surface area contributed by atoms with E-state index in [-0.39, 0.29) is 5.91 Å². The van der Waals surface area contributed by atoms with Gasteiger partial charge in [0, 0.05) is 19.0 Å². The van der Waals surface area contributed by atoms with Crippen molar-refractivity contribution in [2.24, 2.45) is 0 Å². The van der Waals surface area contributed by atoms with Crippen LogP contribution in [-0.4, -0.2) is 28.9 Å². The lowest BCUT2D eigenvalue weighted by Crippen LogP contribution is -2.34. The van der Waals surface area contributed by atoms with Gasteiger partial charge in [0.2, 0.25) is 0 Å². The standard InChI is InChI=1S/C17H20N2OS/c1-13-16(21-12-18-13)17(20)19-10-6-5-9-15(11-19)14-7-3-2-4-8-14/h2-4,7-8,12,15H,5-6,9-11H2,1H3/t15-/m0/s1. The molecule has 1 aromatic carbocycles. The second kappa shape index (κ2) is 6.39. The third-order valence-electron chi connectivity index (χ3n) is 4.17. The summed E-state index contributed by atoms with van der Waals surface area (Å²) in [7, 11) is 0. The lowest BCUT2D eigenvalue weighted by atomic mass is 9.94. The van der Waals surface area contributed by atoms with Crippen LogP contribution in [0.25, 0.3) is 0 Å². The first kappa shape index (κ1) is 14.3. The first-order chi connectivity index (χ1) is 10.3. The van der Waals surface area contributed by atoms with Crippen molar-refractivity contribution in [2.45, 2.75) is 32.1 Å². The van der Waals surface area contributed by atoms with Gasteiger partial charge in [-0.05, 0) is 25.3 Å². The van der Waals surface area contributed by atoms with Crippen LogP contribution in [0.4, 0.5) is 0 Å². The average Bonchev–Trinajstić information content (AvgIpc) is 2.80. The van der Waals surface area contributed by atoms with E-state index in [1.807, 2.05) is 17.9 Å². The predicted molar refractivity (Wildman–Crippen MR) is 85.8 cm³/mol. The molecule has 1 amide bonds. The molecule has 2 heterocycles. The van der Waals surface area contributed by atoms with Gasteiger partial charge in [-0.15, -0.1) is 11.3 Å². The van der Waals surface area contributed by atoms with E-state index in [0.29, 0.717) is 5.92 Å². The van der Waals surface area contributed by atoms with Crippen molar-refractivity contribution in [1.29, 1.82) is 0 Å². The zero-order chi connectivity index (χ0) is 14.7. The van der Waals surface area contributed by atoms with E-state index < -0.39 is 0 Å². The van der Waals surface area contributed by atoms with Crippen LogP contribution in [0.2, 0.25) is 0 Å². The van der Waals surface area contributed by atoms with Gasteiger partial charge in [0.25, 0.3) is 5.91 Å². The van der Waals surface area contributed by atoms with E-state index in [1.165, 1.54) is 23.3 Å². The van der Waals surface area contributed by atoms with Crippen molar-refractivity contribution < 1.29 is 4.79 Å². The van der Waals surface area contributed by atoms with E-state index in [0.717, 1.165) is 36.5 Å². The molecule has 21 heavy (non-hydrogen) atoms. The van der Waals surface area contributed by atoms with Crippen LogP contribution < -0.4 is 0 Å². The lowest BCUT2D eigenvalue weighted by Gasteiger charge is -2.24. The monoisotopic (exact) mass is 300 g/mol. The Morgan fingerprint density at radius 3 is 2.81 bits per heavy atom. The third kappa shape index (κ3) is 3.16.